The molecule has 6 nitrogen and oxygen atoms in total. The van der Waals surface area contributed by atoms with E-state index in [0.29, 0.717) is 34.8 Å². The highest BCUT2D eigenvalue weighted by molar-refractivity contribution is 5.81. The number of ether oxygens (including phenoxy) is 2. The summed E-state index contributed by atoms with van der Waals surface area (Å²) in [6.07, 6.45) is 0. The minimum atomic E-state index is -0.213. The molecule has 6 heteroatoms. The van der Waals surface area contributed by atoms with Gasteiger partial charge in [-0.2, -0.15) is 0 Å². The third kappa shape index (κ3) is 4.36. The lowest BCUT2D eigenvalue weighted by atomic mass is 9.95. The van der Waals surface area contributed by atoms with E-state index in [-0.39, 0.29) is 11.6 Å². The number of nitrogens with zero attached hydrogens (tertiary/aromatic N) is 1. The molecule has 0 fully saturated rings. The molecule has 0 radical (unpaired) electrons. The predicted molar refractivity (Wildman–Crippen MR) is 127 cm³/mol. The Morgan fingerprint density at radius 2 is 1.62 bits per heavy atom. The lowest BCUT2D eigenvalue weighted by Crippen LogP contribution is -2.25. The van der Waals surface area contributed by atoms with Gasteiger partial charge in [-0.15, -0.1) is 0 Å². The quantitative estimate of drug-likeness (QED) is 0.454. The highest BCUT2D eigenvalue weighted by Crippen LogP contribution is 2.30. The molecule has 0 aliphatic carbocycles. The van der Waals surface area contributed by atoms with Crippen molar-refractivity contribution in [3.8, 4) is 11.5 Å². The summed E-state index contributed by atoms with van der Waals surface area (Å²) in [5.74, 6) is 1.59. The molecule has 0 aliphatic heterocycles. The minimum Gasteiger partial charge on any atom is -0.493 e. The van der Waals surface area contributed by atoms with Gasteiger partial charge < -0.3 is 14.5 Å². The fourth-order valence-electron chi connectivity index (χ4n) is 3.81. The van der Waals surface area contributed by atoms with E-state index in [9.17, 15) is 4.79 Å². The number of hydrogen-bond donors (Lipinski definition) is 2. The molecule has 32 heavy (non-hydrogen) atoms. The molecule has 0 aliphatic rings. The zero-order valence-corrected chi connectivity index (χ0v) is 18.7. The number of hydrogen-bond acceptors (Lipinski definition) is 5. The number of rotatable bonds is 7. The van der Waals surface area contributed by atoms with Gasteiger partial charge in [0.15, 0.2) is 11.5 Å². The van der Waals surface area contributed by atoms with Crippen molar-refractivity contribution in [2.24, 2.45) is 0 Å². The van der Waals surface area contributed by atoms with Crippen molar-refractivity contribution in [2.75, 3.05) is 14.2 Å². The van der Waals surface area contributed by atoms with Crippen LogP contribution in [-0.4, -0.2) is 24.2 Å². The summed E-state index contributed by atoms with van der Waals surface area (Å²) in [5, 5.41) is 4.03. The summed E-state index contributed by atoms with van der Waals surface area (Å²) in [5.41, 5.74) is 5.15. The van der Waals surface area contributed by atoms with Gasteiger partial charge in [0.2, 0.25) is 0 Å². The molecule has 0 amide bonds. The lowest BCUT2D eigenvalue weighted by molar-refractivity contribution is 0.355. The molecule has 2 N–H and O–H groups in total. The molecule has 0 saturated carbocycles. The maximum absolute atomic E-state index is 12.7. The Kier molecular flexibility index (Phi) is 6.23. The summed E-state index contributed by atoms with van der Waals surface area (Å²) >= 11 is 0. The zero-order valence-electron chi connectivity index (χ0n) is 18.7. The van der Waals surface area contributed by atoms with Crippen LogP contribution < -0.4 is 20.3 Å². The molecule has 3 aromatic carbocycles. The molecule has 1 atom stereocenters. The summed E-state index contributed by atoms with van der Waals surface area (Å²) in [4.78, 5) is 20.3. The highest BCUT2D eigenvalue weighted by Gasteiger charge is 2.16. The lowest BCUT2D eigenvalue weighted by Gasteiger charge is -2.21. The van der Waals surface area contributed by atoms with Crippen LogP contribution in [0.3, 0.4) is 0 Å². The van der Waals surface area contributed by atoms with Crippen molar-refractivity contribution in [1.82, 2.24) is 15.3 Å². The highest BCUT2D eigenvalue weighted by atomic mass is 16.5. The summed E-state index contributed by atoms with van der Waals surface area (Å²) < 4.78 is 10.7. The molecule has 4 aromatic rings. The van der Waals surface area contributed by atoms with Crippen molar-refractivity contribution in [3.63, 3.8) is 0 Å². The SMILES string of the molecule is COc1cc2nc(CN[C@H](c3ccccc3)c3ccc(C)c(C)c3)[nH]c(=O)c2cc1OC. The fourth-order valence-corrected chi connectivity index (χ4v) is 3.81. The Hall–Kier alpha value is -3.64. The van der Waals surface area contributed by atoms with E-state index < -0.39 is 0 Å². The molecular formula is C26H27N3O3. The normalized spacial score (nSPS) is 12.0. The molecule has 1 heterocycles. The fraction of sp³-hybridized carbons (Fsp3) is 0.231. The van der Waals surface area contributed by atoms with Gasteiger partial charge in [-0.3, -0.25) is 10.1 Å². The first-order valence-electron chi connectivity index (χ1n) is 10.5. The maximum atomic E-state index is 12.7. The van der Waals surface area contributed by atoms with E-state index in [2.05, 4.69) is 59.5 Å². The van der Waals surface area contributed by atoms with E-state index in [1.807, 2.05) is 18.2 Å². The first kappa shape index (κ1) is 21.6. The number of methoxy groups -OCH3 is 2. The smallest absolute Gasteiger partial charge is 0.258 e. The van der Waals surface area contributed by atoms with Gasteiger partial charge in [0.05, 0.1) is 37.7 Å². The number of nitrogens with one attached hydrogen (secondary N) is 2. The topological polar surface area (TPSA) is 76.2 Å². The number of aromatic nitrogens is 2. The molecule has 0 spiro atoms. The van der Waals surface area contributed by atoms with Crippen LogP contribution >= 0.6 is 0 Å². The second kappa shape index (κ2) is 9.24. The van der Waals surface area contributed by atoms with E-state index in [1.165, 1.54) is 11.1 Å². The van der Waals surface area contributed by atoms with Gasteiger partial charge >= 0.3 is 0 Å². The van der Waals surface area contributed by atoms with Crippen LogP contribution in [0, 0.1) is 13.8 Å². The number of benzene rings is 3. The van der Waals surface area contributed by atoms with E-state index in [4.69, 9.17) is 9.47 Å². The molecule has 164 valence electrons. The van der Waals surface area contributed by atoms with Crippen LogP contribution in [0.25, 0.3) is 10.9 Å². The van der Waals surface area contributed by atoms with Gasteiger partial charge in [0.25, 0.3) is 5.56 Å². The Bertz CT molecular complexity index is 1300. The molecule has 0 saturated heterocycles. The number of aryl methyl sites for hydroxylation is 2. The molecule has 0 unspecified atom stereocenters. The van der Waals surface area contributed by atoms with Crippen LogP contribution in [-0.2, 0) is 6.54 Å². The third-order valence-electron chi connectivity index (χ3n) is 5.73. The van der Waals surface area contributed by atoms with Gasteiger partial charge in [-0.05, 0) is 42.2 Å². The molecule has 0 bridgehead atoms. The molecule has 1 aromatic heterocycles. The third-order valence-corrected chi connectivity index (χ3v) is 5.73. The van der Waals surface area contributed by atoms with E-state index in [1.54, 1.807) is 26.4 Å². The van der Waals surface area contributed by atoms with Crippen LogP contribution in [0.4, 0.5) is 0 Å². The first-order chi connectivity index (χ1) is 15.5. The average molecular weight is 430 g/mol. The van der Waals surface area contributed by atoms with Crippen LogP contribution in [0.2, 0.25) is 0 Å². The first-order valence-corrected chi connectivity index (χ1v) is 10.5. The van der Waals surface area contributed by atoms with Crippen LogP contribution in [0.15, 0.2) is 65.5 Å². The number of fused-ring (bicyclic) bond motifs is 1. The molecular weight excluding hydrogens is 402 g/mol. The van der Waals surface area contributed by atoms with Crippen LogP contribution in [0.5, 0.6) is 11.5 Å². The molecule has 4 rings (SSSR count). The monoisotopic (exact) mass is 429 g/mol. The Morgan fingerprint density at radius 3 is 2.31 bits per heavy atom. The van der Waals surface area contributed by atoms with Crippen molar-refractivity contribution >= 4 is 10.9 Å². The van der Waals surface area contributed by atoms with Crippen molar-refractivity contribution in [3.05, 3.63) is 99.1 Å². The Labute approximate surface area is 187 Å². The Morgan fingerprint density at radius 1 is 0.906 bits per heavy atom. The maximum Gasteiger partial charge on any atom is 0.258 e. The van der Waals surface area contributed by atoms with Gasteiger partial charge in [0.1, 0.15) is 5.82 Å². The number of H-pyrrole nitrogens is 1. The van der Waals surface area contributed by atoms with Crippen LogP contribution in [0.1, 0.15) is 34.1 Å². The summed E-state index contributed by atoms with van der Waals surface area (Å²) in [7, 11) is 3.10. The van der Waals surface area contributed by atoms with Gasteiger partial charge in [-0.1, -0.05) is 48.5 Å². The summed E-state index contributed by atoms with van der Waals surface area (Å²) in [6.45, 7) is 4.62. The van der Waals surface area contributed by atoms with Crippen molar-refractivity contribution in [1.29, 1.82) is 0 Å². The van der Waals surface area contributed by atoms with E-state index in [0.717, 1.165) is 11.1 Å². The minimum absolute atomic E-state index is 0.0399. The van der Waals surface area contributed by atoms with E-state index >= 15 is 0 Å². The second-order valence-corrected chi connectivity index (χ2v) is 7.81. The largest absolute Gasteiger partial charge is 0.493 e. The predicted octanol–water partition coefficient (Wildman–Crippen LogP) is 4.44. The van der Waals surface area contributed by atoms with Gasteiger partial charge in [0, 0.05) is 6.07 Å². The average Bonchev–Trinajstić information content (AvgIpc) is 2.81. The number of aromatic amines is 1. The van der Waals surface area contributed by atoms with Crippen molar-refractivity contribution < 1.29 is 9.47 Å². The van der Waals surface area contributed by atoms with Crippen molar-refractivity contribution in [2.45, 2.75) is 26.4 Å². The standard InChI is InChI=1S/C26H27N3O3/c1-16-10-11-19(12-17(16)2)25(18-8-6-5-7-9-18)27-15-24-28-21-14-23(32-4)22(31-3)13-20(21)26(30)29-24/h5-14,25,27H,15H2,1-4H3,(H,28,29,30)/t25-/m1/s1. The van der Waals surface area contributed by atoms with Gasteiger partial charge in [-0.25, -0.2) is 4.98 Å². The zero-order chi connectivity index (χ0) is 22.7. The Balaban J connectivity index is 1.68. The summed E-state index contributed by atoms with van der Waals surface area (Å²) in [6, 6.07) is 20.1. The second-order valence-electron chi connectivity index (χ2n) is 7.81.